The average Bonchev–Trinajstić information content (AvgIpc) is 0.706. The first kappa shape index (κ1) is 80.5. The molecule has 600 valence electrons. The number of Topliss-reactive ketones (excluding diaryl/α,β-unsaturated/α-hetero) is 4. The number of aryl methyl sites for hydroxylation is 3. The number of ketones is 4. The molecule has 12 saturated carbocycles. The van der Waals surface area contributed by atoms with Crippen LogP contribution in [-0.2, 0) is 19.2 Å². The molecular weight excluding hydrogens is 1650 g/mol. The Labute approximate surface area is 701 Å². The minimum Gasteiger partial charge on any atom is -0.486 e. The lowest BCUT2D eigenvalue weighted by molar-refractivity contribution is -0.165. The van der Waals surface area contributed by atoms with Gasteiger partial charge in [0.15, 0.2) is 34.7 Å². The first-order valence-corrected chi connectivity index (χ1v) is 42.5. The molecule has 8 bridgehead atoms. The molecule has 0 radical (unpaired) electrons. The van der Waals surface area contributed by atoms with E-state index in [1.807, 2.05) is 79.2 Å². The van der Waals surface area contributed by atoms with Gasteiger partial charge in [-0.3, -0.25) is 42.8 Å². The van der Waals surface area contributed by atoms with Crippen molar-refractivity contribution in [2.75, 3.05) is 26.4 Å². The number of carbonyl (C=O) groups excluding carboxylic acids is 8. The van der Waals surface area contributed by atoms with Crippen LogP contribution in [0.15, 0.2) is 145 Å². The van der Waals surface area contributed by atoms with Crippen molar-refractivity contribution in [2.45, 2.75) is 146 Å². The number of ether oxygens (including phenoxy) is 4. The molecule has 23 rings (SSSR count). The van der Waals surface area contributed by atoms with Gasteiger partial charge in [0.2, 0.25) is 0 Å². The molecule has 116 heavy (non-hydrogen) atoms. The van der Waals surface area contributed by atoms with Crippen LogP contribution in [0.3, 0.4) is 0 Å². The highest BCUT2D eigenvalue weighted by Crippen LogP contribution is 2.72. The maximum absolute atomic E-state index is 13.5. The number of benzene rings is 5. The number of fused-ring (bicyclic) bond motifs is 3. The highest BCUT2D eigenvalue weighted by molar-refractivity contribution is 7.20. The lowest BCUT2D eigenvalue weighted by Crippen LogP contribution is -2.75. The molecule has 4 amide bonds. The summed E-state index contributed by atoms with van der Waals surface area (Å²) in [5.41, 5.74) is 4.53. The number of hydrogen-bond donors (Lipinski definition) is 4. The minimum atomic E-state index is -0.609. The van der Waals surface area contributed by atoms with E-state index in [1.54, 1.807) is 66.3 Å². The zero-order chi connectivity index (χ0) is 81.3. The molecule has 31 heteroatoms. The third-order valence-corrected chi connectivity index (χ3v) is 28.3. The van der Waals surface area contributed by atoms with Gasteiger partial charge in [-0.25, -0.2) is 18.7 Å². The molecule has 6 heterocycles. The second-order valence-corrected chi connectivity index (χ2v) is 38.1. The van der Waals surface area contributed by atoms with Crippen LogP contribution in [0.2, 0.25) is 20.1 Å². The van der Waals surface area contributed by atoms with Gasteiger partial charge in [0.05, 0.1) is 21.6 Å². The zero-order valence-electron chi connectivity index (χ0n) is 63.0. The van der Waals surface area contributed by atoms with Gasteiger partial charge < -0.3 is 40.2 Å². The SMILES string of the molecule is Cc1cc(OCC(=O)CC23CC(NC(=O)c4cc5cccnc5s4)(C2)C3)ccc1Cl.Cc1cc(OCC(=O)CC23CC(NC(=O)c4ccc5nsnc5c4)(C2)C3)ccc1Cl.Cc1cc(OCC(=O)CC23CC(NC(=O)c4cn5ccsc5n4)(C2)C3)ccc1Cl.O=C(COc1ccc(Cl)c(F)c1)NC12CC(CC(=O)c3sccc3F)(C1)C2. The lowest BCUT2D eigenvalue weighted by atomic mass is 9.38. The summed E-state index contributed by atoms with van der Waals surface area (Å²) in [6.07, 6.45) is 17.0. The summed E-state index contributed by atoms with van der Waals surface area (Å²) >= 11 is 28.8. The van der Waals surface area contributed by atoms with Crippen LogP contribution in [0.25, 0.3) is 26.2 Å². The Morgan fingerprint density at radius 2 is 0.957 bits per heavy atom. The minimum absolute atomic E-state index is 0.0112. The molecule has 0 unspecified atom stereocenters. The largest absolute Gasteiger partial charge is 0.486 e. The van der Waals surface area contributed by atoms with E-state index in [1.165, 1.54) is 40.9 Å². The first-order valence-electron chi connectivity index (χ1n) is 37.7. The molecule has 12 fully saturated rings. The van der Waals surface area contributed by atoms with E-state index in [0.29, 0.717) is 93.4 Å². The van der Waals surface area contributed by atoms with Crippen molar-refractivity contribution in [1.82, 2.24) is 44.4 Å². The first-order chi connectivity index (χ1) is 55.4. The van der Waals surface area contributed by atoms with Gasteiger partial charge >= 0.3 is 0 Å². The molecule has 12 aliphatic carbocycles. The van der Waals surface area contributed by atoms with Crippen molar-refractivity contribution in [2.24, 2.45) is 21.7 Å². The number of pyridine rings is 1. The number of amides is 4. The van der Waals surface area contributed by atoms with E-state index in [2.05, 4.69) is 40.0 Å². The third-order valence-electron chi connectivity index (χ3n) is 23.4. The second-order valence-electron chi connectivity index (χ2n) is 33.2. The molecule has 4 N–H and O–H groups in total. The Morgan fingerprint density at radius 3 is 1.45 bits per heavy atom. The van der Waals surface area contributed by atoms with Crippen molar-refractivity contribution in [3.05, 3.63) is 214 Å². The molecule has 21 nitrogen and oxygen atoms in total. The van der Waals surface area contributed by atoms with Crippen molar-refractivity contribution < 1.29 is 66.1 Å². The van der Waals surface area contributed by atoms with E-state index in [0.717, 1.165) is 130 Å². The van der Waals surface area contributed by atoms with Gasteiger partial charge in [-0.2, -0.15) is 8.75 Å². The standard InChI is InChI=1S/C23H21ClN2O3S.C22H20ClN3O3S.C21H20ClN3O3S.C19H16ClF2NO3S/c1-14-7-17(4-5-18(14)24)29-10-16(27)9-22-11-23(12-22,13-22)26-20(28)19-8-15-3-2-6-25-21(15)30-19;1-13-6-16(3-4-17(13)23)29-9-15(27)8-21-10-22(11-21,12-21)24-20(28)14-2-5-18-19(7-14)26-30-25-18;1-13-6-15(2-3-16(13)22)28-9-14(26)7-20-10-21(11-20,12-20)24-18(27)17-8-25-4-5-29-19(25)23-17;20-12-2-1-11(5-14(12)22)26-7-16(25)23-19-8-18(9-19,10-19)6-15(24)17-13(21)3-4-27-17/h2-8H,9-13H2,1H3,(H,26,28);2-7H,8-12H2,1H3,(H,24,28);2-6,8H,7,9-12H2,1H3,(H,24,27);1-5H,6-10H2,(H,23,25). The third kappa shape index (κ3) is 17.1. The number of nitrogens with zero attached hydrogens (tertiary/aromatic N) is 5. The van der Waals surface area contributed by atoms with Crippen LogP contribution in [-0.4, -0.2) is 118 Å². The van der Waals surface area contributed by atoms with E-state index >= 15 is 0 Å². The highest BCUT2D eigenvalue weighted by atomic mass is 35.5. The number of thiazole rings is 1. The van der Waals surface area contributed by atoms with Crippen molar-refractivity contribution in [1.29, 1.82) is 0 Å². The summed E-state index contributed by atoms with van der Waals surface area (Å²) in [7, 11) is 0. The molecule has 12 aliphatic rings. The van der Waals surface area contributed by atoms with Crippen molar-refractivity contribution >= 4 is 165 Å². The summed E-state index contributed by atoms with van der Waals surface area (Å²) in [4.78, 5) is 110. The number of rotatable bonds is 28. The summed E-state index contributed by atoms with van der Waals surface area (Å²) in [5.74, 6) is 0.650. The summed E-state index contributed by atoms with van der Waals surface area (Å²) < 4.78 is 59.2. The van der Waals surface area contributed by atoms with Gasteiger partial charge in [0, 0.05) is 104 Å². The molecule has 5 aromatic carbocycles. The summed E-state index contributed by atoms with van der Waals surface area (Å²) in [6.45, 7) is 5.67. The van der Waals surface area contributed by atoms with E-state index in [9.17, 15) is 47.1 Å². The Hall–Kier alpha value is -9.32. The molecule has 11 aromatic rings. The van der Waals surface area contributed by atoms with Crippen LogP contribution in [0.1, 0.15) is 160 Å². The molecule has 0 atom stereocenters. The lowest BCUT2D eigenvalue weighted by Gasteiger charge is -2.70. The van der Waals surface area contributed by atoms with E-state index < -0.39 is 11.6 Å². The molecule has 6 aromatic heterocycles. The van der Waals surface area contributed by atoms with E-state index in [4.69, 9.17) is 65.4 Å². The fraction of sp³-hybridized carbons (Fsp3) is 0.365. The van der Waals surface area contributed by atoms with Gasteiger partial charge in [-0.1, -0.05) is 52.5 Å². The van der Waals surface area contributed by atoms with Gasteiger partial charge in [-0.05, 0) is 245 Å². The average molecular weight is 1720 g/mol. The highest BCUT2D eigenvalue weighted by Gasteiger charge is 2.71. The number of halogens is 6. The number of aromatic nitrogens is 5. The fourth-order valence-electron chi connectivity index (χ4n) is 18.9. The summed E-state index contributed by atoms with van der Waals surface area (Å²) in [5, 5.41) is 18.9. The fourth-order valence-corrected chi connectivity index (χ4v) is 22.2. The maximum Gasteiger partial charge on any atom is 0.271 e. The number of imidazole rings is 1. The Balaban J connectivity index is 0.000000116. The second kappa shape index (κ2) is 31.5. The molecule has 0 saturated heterocycles. The van der Waals surface area contributed by atoms with Crippen molar-refractivity contribution in [3.8, 4) is 23.0 Å². The Bertz CT molecular complexity index is 5550. The number of thiophene rings is 2. The number of hydrogen-bond acceptors (Lipinski definition) is 20. The predicted molar refractivity (Wildman–Crippen MR) is 441 cm³/mol. The normalized spacial score (nSPS) is 24.5. The van der Waals surface area contributed by atoms with Crippen LogP contribution < -0.4 is 40.2 Å². The monoisotopic (exact) mass is 1720 g/mol. The maximum atomic E-state index is 13.5. The van der Waals surface area contributed by atoms with Crippen molar-refractivity contribution in [3.63, 3.8) is 0 Å². The Kier molecular flexibility index (Phi) is 21.9. The molecular formula is C85H77Cl4F2N9O12S4. The predicted octanol–water partition coefficient (Wildman–Crippen LogP) is 17.7. The van der Waals surface area contributed by atoms with E-state index in [-0.39, 0.29) is 133 Å². The Morgan fingerprint density at radius 1 is 0.483 bits per heavy atom. The van der Waals surface area contributed by atoms with Crippen LogP contribution in [0, 0.1) is 54.1 Å². The van der Waals surface area contributed by atoms with Crippen LogP contribution >= 0.6 is 92.1 Å². The number of carbonyl (C=O) groups is 8. The summed E-state index contributed by atoms with van der Waals surface area (Å²) in [6, 6.07) is 32.5. The molecule has 0 spiro atoms. The smallest absolute Gasteiger partial charge is 0.271 e. The zero-order valence-corrected chi connectivity index (χ0v) is 69.3. The van der Waals surface area contributed by atoms with Crippen LogP contribution in [0.5, 0.6) is 23.0 Å². The number of nitrogens with one attached hydrogen (secondary N) is 4. The quantitative estimate of drug-likeness (QED) is 0.0332. The van der Waals surface area contributed by atoms with Gasteiger partial charge in [-0.15, -0.1) is 34.0 Å². The topological polar surface area (TPSA) is 278 Å². The van der Waals surface area contributed by atoms with Crippen LogP contribution in [0.4, 0.5) is 8.78 Å². The molecule has 0 aliphatic heterocycles. The van der Waals surface area contributed by atoms with Gasteiger partial charge in [0.1, 0.15) is 80.9 Å². The van der Waals surface area contributed by atoms with Gasteiger partial charge in [0.25, 0.3) is 23.6 Å².